The molecule has 0 aliphatic heterocycles. The second kappa shape index (κ2) is 8.38. The first kappa shape index (κ1) is 20.3. The average Bonchev–Trinajstić information content (AvgIpc) is 3.30. The van der Waals surface area contributed by atoms with E-state index in [1.54, 1.807) is 11.3 Å². The predicted octanol–water partition coefficient (Wildman–Crippen LogP) is 3.31. The van der Waals surface area contributed by atoms with Crippen LogP contribution in [0.2, 0.25) is 0 Å². The van der Waals surface area contributed by atoms with Gasteiger partial charge in [-0.25, -0.2) is 9.67 Å². The van der Waals surface area contributed by atoms with Gasteiger partial charge in [0.05, 0.1) is 40.0 Å². The number of nitrogens with zero attached hydrogens (tertiary/aromatic N) is 3. The summed E-state index contributed by atoms with van der Waals surface area (Å²) in [7, 11) is 2.03. The van der Waals surface area contributed by atoms with E-state index in [1.165, 1.54) is 4.70 Å². The van der Waals surface area contributed by atoms with Gasteiger partial charge in [-0.1, -0.05) is 30.3 Å². The van der Waals surface area contributed by atoms with Gasteiger partial charge in [0.25, 0.3) is 5.91 Å². The van der Waals surface area contributed by atoms with E-state index in [2.05, 4.69) is 23.4 Å². The Kier molecular flexibility index (Phi) is 5.65. The highest BCUT2D eigenvalue weighted by Gasteiger charge is 2.23. The predicted molar refractivity (Wildman–Crippen MR) is 121 cm³/mol. The number of carbonyl (C=O) groups is 1. The van der Waals surface area contributed by atoms with Gasteiger partial charge in [0.15, 0.2) is 11.6 Å². The molecule has 0 radical (unpaired) electrons. The Morgan fingerprint density at radius 2 is 1.83 bits per heavy atom. The molecule has 7 heteroatoms. The van der Waals surface area contributed by atoms with Crippen LogP contribution < -0.4 is 10.2 Å². The van der Waals surface area contributed by atoms with Crippen LogP contribution in [0.15, 0.2) is 54.6 Å². The molecule has 4 rings (SSSR count). The Hall–Kier alpha value is -3.03. The van der Waals surface area contributed by atoms with Crippen LogP contribution in [0.4, 0.5) is 5.69 Å². The lowest BCUT2D eigenvalue weighted by Gasteiger charge is -2.19. The molecule has 2 aromatic carbocycles. The van der Waals surface area contributed by atoms with Crippen molar-refractivity contribution in [3.05, 3.63) is 71.0 Å². The average molecular weight is 421 g/mol. The summed E-state index contributed by atoms with van der Waals surface area (Å²) < 4.78 is 3.04. The smallest absolute Gasteiger partial charge is 0.279 e. The van der Waals surface area contributed by atoms with Crippen LogP contribution in [-0.4, -0.2) is 34.3 Å². The molecule has 0 bridgehead atoms. The number of quaternary nitrogens is 1. The molecule has 2 N–H and O–H groups in total. The maximum absolute atomic E-state index is 12.8. The molecule has 0 spiro atoms. The molecular formula is C23H26N5OS+. The fourth-order valence-electron chi connectivity index (χ4n) is 3.52. The number of aromatic nitrogens is 3. The van der Waals surface area contributed by atoms with E-state index in [9.17, 15) is 4.79 Å². The van der Waals surface area contributed by atoms with E-state index in [0.717, 1.165) is 38.2 Å². The van der Waals surface area contributed by atoms with E-state index < -0.39 is 0 Å². The summed E-state index contributed by atoms with van der Waals surface area (Å²) in [6, 6.07) is 18.2. The topological polar surface area (TPSA) is 64.2 Å². The molecule has 2 aromatic heterocycles. The zero-order valence-corrected chi connectivity index (χ0v) is 18.5. The van der Waals surface area contributed by atoms with E-state index in [0.29, 0.717) is 6.54 Å². The summed E-state index contributed by atoms with van der Waals surface area (Å²) in [5.41, 5.74) is 4.50. The number of carbonyl (C=O) groups excluding carboxylic acids is 1. The molecule has 2 heterocycles. The Balaban J connectivity index is 1.46. The highest BCUT2D eigenvalue weighted by molar-refractivity contribution is 7.18. The molecule has 6 nitrogen and oxygen atoms in total. The van der Waals surface area contributed by atoms with Crippen molar-refractivity contribution < 1.29 is 9.69 Å². The van der Waals surface area contributed by atoms with Crippen molar-refractivity contribution >= 4 is 33.1 Å². The number of anilines is 1. The SMILES string of the molecule is Cc1nn(-c2ccccc2)c(C)c1NC(=O)C[NH+](C)[C@H](C)c1nc2ccccc2s1. The molecular weight excluding hydrogens is 394 g/mol. The minimum Gasteiger partial charge on any atom is -0.322 e. The van der Waals surface area contributed by atoms with Crippen molar-refractivity contribution in [2.75, 3.05) is 18.9 Å². The van der Waals surface area contributed by atoms with E-state index in [4.69, 9.17) is 4.98 Å². The van der Waals surface area contributed by atoms with Crippen molar-refractivity contribution in [3.8, 4) is 5.69 Å². The molecule has 30 heavy (non-hydrogen) atoms. The Bertz CT molecular complexity index is 1150. The molecule has 0 fully saturated rings. The lowest BCUT2D eigenvalue weighted by molar-refractivity contribution is -0.902. The quantitative estimate of drug-likeness (QED) is 0.503. The van der Waals surface area contributed by atoms with Gasteiger partial charge in [-0.15, -0.1) is 11.3 Å². The molecule has 4 aromatic rings. The maximum Gasteiger partial charge on any atom is 0.279 e. The van der Waals surface area contributed by atoms with Crippen molar-refractivity contribution in [1.82, 2.24) is 14.8 Å². The van der Waals surface area contributed by atoms with Crippen molar-refractivity contribution in [1.29, 1.82) is 0 Å². The summed E-state index contributed by atoms with van der Waals surface area (Å²) in [6.07, 6.45) is 0. The van der Waals surface area contributed by atoms with Crippen LogP contribution in [0.5, 0.6) is 0 Å². The number of likely N-dealkylation sites (N-methyl/N-ethyl adjacent to an activating group) is 1. The van der Waals surface area contributed by atoms with Crippen LogP contribution in [0.3, 0.4) is 0 Å². The lowest BCUT2D eigenvalue weighted by Crippen LogP contribution is -3.10. The molecule has 0 saturated carbocycles. The minimum atomic E-state index is -0.0285. The number of rotatable bonds is 6. The fraction of sp³-hybridized carbons (Fsp3) is 0.261. The van der Waals surface area contributed by atoms with Gasteiger partial charge in [0, 0.05) is 0 Å². The number of fused-ring (bicyclic) bond motifs is 1. The first-order valence-electron chi connectivity index (χ1n) is 10.0. The Morgan fingerprint density at radius 1 is 1.13 bits per heavy atom. The van der Waals surface area contributed by atoms with Crippen LogP contribution in [0.25, 0.3) is 15.9 Å². The van der Waals surface area contributed by atoms with Crippen LogP contribution in [0.1, 0.15) is 29.4 Å². The fourth-order valence-corrected chi connectivity index (χ4v) is 4.63. The third-order valence-electron chi connectivity index (χ3n) is 5.42. The minimum absolute atomic E-state index is 0.0285. The first-order chi connectivity index (χ1) is 14.4. The van der Waals surface area contributed by atoms with Gasteiger partial charge in [-0.05, 0) is 45.0 Å². The number of para-hydroxylation sites is 2. The highest BCUT2D eigenvalue weighted by Crippen LogP contribution is 2.25. The molecule has 0 aliphatic carbocycles. The van der Waals surface area contributed by atoms with Crippen LogP contribution >= 0.6 is 11.3 Å². The highest BCUT2D eigenvalue weighted by atomic mass is 32.1. The zero-order valence-electron chi connectivity index (χ0n) is 17.6. The number of amides is 1. The monoisotopic (exact) mass is 420 g/mol. The summed E-state index contributed by atoms with van der Waals surface area (Å²) in [5.74, 6) is -0.0285. The number of hydrogen-bond acceptors (Lipinski definition) is 4. The molecule has 154 valence electrons. The van der Waals surface area contributed by atoms with Gasteiger partial charge in [0.1, 0.15) is 6.04 Å². The normalized spacial score (nSPS) is 13.3. The molecule has 2 atom stereocenters. The Labute approximate surface area is 180 Å². The summed E-state index contributed by atoms with van der Waals surface area (Å²) >= 11 is 1.69. The number of thiazole rings is 1. The lowest BCUT2D eigenvalue weighted by atomic mass is 10.2. The molecule has 0 aliphatic rings. The third-order valence-corrected chi connectivity index (χ3v) is 6.64. The number of nitrogens with one attached hydrogen (secondary N) is 2. The standard InChI is InChI=1S/C23H25N5OS/c1-15-22(16(2)28(26-15)18-10-6-5-7-11-18)25-21(29)14-27(4)17(3)23-24-19-12-8-9-13-20(19)30-23/h5-13,17H,14H2,1-4H3,(H,25,29)/p+1/t17-/m1/s1. The number of benzene rings is 2. The second-order valence-electron chi connectivity index (χ2n) is 7.61. The van der Waals surface area contributed by atoms with Crippen molar-refractivity contribution in [2.24, 2.45) is 0 Å². The van der Waals surface area contributed by atoms with Gasteiger partial charge in [-0.3, -0.25) is 4.79 Å². The third kappa shape index (κ3) is 3.99. The zero-order chi connectivity index (χ0) is 21.3. The van der Waals surface area contributed by atoms with Gasteiger partial charge < -0.3 is 10.2 Å². The van der Waals surface area contributed by atoms with Crippen molar-refractivity contribution in [2.45, 2.75) is 26.8 Å². The molecule has 0 saturated heterocycles. The van der Waals surface area contributed by atoms with Crippen LogP contribution in [-0.2, 0) is 4.79 Å². The second-order valence-corrected chi connectivity index (χ2v) is 8.67. The maximum atomic E-state index is 12.8. The Morgan fingerprint density at radius 3 is 2.57 bits per heavy atom. The van der Waals surface area contributed by atoms with Crippen LogP contribution in [0, 0.1) is 13.8 Å². The molecule has 1 amide bonds. The number of hydrogen-bond donors (Lipinski definition) is 2. The summed E-state index contributed by atoms with van der Waals surface area (Å²) in [5, 5.41) is 8.73. The van der Waals surface area contributed by atoms with Crippen molar-refractivity contribution in [3.63, 3.8) is 0 Å². The van der Waals surface area contributed by atoms with E-state index in [-0.39, 0.29) is 11.9 Å². The largest absolute Gasteiger partial charge is 0.322 e. The van der Waals surface area contributed by atoms with Gasteiger partial charge in [-0.2, -0.15) is 5.10 Å². The first-order valence-corrected chi connectivity index (χ1v) is 10.8. The van der Waals surface area contributed by atoms with E-state index >= 15 is 0 Å². The summed E-state index contributed by atoms with van der Waals surface area (Å²) in [4.78, 5) is 18.6. The van der Waals surface area contributed by atoms with E-state index in [1.807, 2.05) is 74.1 Å². The van der Waals surface area contributed by atoms with Gasteiger partial charge >= 0.3 is 0 Å². The summed E-state index contributed by atoms with van der Waals surface area (Å²) in [6.45, 7) is 6.36. The number of aryl methyl sites for hydroxylation is 1. The van der Waals surface area contributed by atoms with Gasteiger partial charge in [0.2, 0.25) is 0 Å². The molecule has 1 unspecified atom stereocenters.